The average Bonchev–Trinajstić information content (AvgIpc) is 3.21. The summed E-state index contributed by atoms with van der Waals surface area (Å²) in [5.74, 6) is -0.0429. The highest BCUT2D eigenvalue weighted by atomic mass is 19.4. The Balaban J connectivity index is 1.56. The van der Waals surface area contributed by atoms with E-state index >= 15 is 0 Å². The fourth-order valence-electron chi connectivity index (χ4n) is 3.26. The minimum absolute atomic E-state index is 0.00767. The van der Waals surface area contributed by atoms with Gasteiger partial charge in [-0.05, 0) is 24.3 Å². The number of alkyl halides is 3. The molecule has 0 saturated carbocycles. The maximum atomic E-state index is 13.0. The monoisotopic (exact) mass is 457 g/mol. The topological polar surface area (TPSA) is 108 Å². The molecule has 0 atom stereocenters. The molecule has 1 aromatic carbocycles. The van der Waals surface area contributed by atoms with Crippen LogP contribution in [0.2, 0.25) is 0 Å². The lowest BCUT2D eigenvalue weighted by molar-refractivity contribution is -0.141. The van der Waals surface area contributed by atoms with Crippen molar-refractivity contribution in [2.24, 2.45) is 0 Å². The Morgan fingerprint density at radius 2 is 1.85 bits per heavy atom. The van der Waals surface area contributed by atoms with E-state index in [0.29, 0.717) is 11.4 Å². The Bertz CT molecular complexity index is 1360. The molecule has 12 heteroatoms. The molecule has 9 nitrogen and oxygen atoms in total. The summed E-state index contributed by atoms with van der Waals surface area (Å²) < 4.78 is 41.5. The van der Waals surface area contributed by atoms with Gasteiger partial charge in [0.2, 0.25) is 5.91 Å². The first-order chi connectivity index (χ1) is 15.7. The number of hydrogen-bond acceptors (Lipinski definition) is 6. The number of hydrogen-bond donors (Lipinski definition) is 1. The van der Waals surface area contributed by atoms with Gasteiger partial charge < -0.3 is 5.32 Å². The van der Waals surface area contributed by atoms with Crippen molar-refractivity contribution in [2.75, 3.05) is 5.32 Å². The Kier molecular flexibility index (Phi) is 5.90. The second-order valence-corrected chi connectivity index (χ2v) is 7.16. The highest BCUT2D eigenvalue weighted by molar-refractivity contribution is 5.90. The van der Waals surface area contributed by atoms with Gasteiger partial charge in [0.15, 0.2) is 5.65 Å². The van der Waals surface area contributed by atoms with Gasteiger partial charge in [0, 0.05) is 12.1 Å². The van der Waals surface area contributed by atoms with E-state index in [-0.39, 0.29) is 42.3 Å². The van der Waals surface area contributed by atoms with Gasteiger partial charge in [0.25, 0.3) is 5.56 Å². The third-order valence-electron chi connectivity index (χ3n) is 4.77. The summed E-state index contributed by atoms with van der Waals surface area (Å²) in [4.78, 5) is 32.8. The molecule has 0 aliphatic carbocycles. The predicted octanol–water partition coefficient (Wildman–Crippen LogP) is 2.65. The van der Waals surface area contributed by atoms with E-state index in [1.807, 2.05) is 6.07 Å². The van der Waals surface area contributed by atoms with Crippen molar-refractivity contribution in [3.63, 3.8) is 0 Å². The molecule has 1 amide bonds. The molecule has 0 aliphatic rings. The summed E-state index contributed by atoms with van der Waals surface area (Å²) in [7, 11) is 0. The number of pyridine rings is 1. The molecule has 0 radical (unpaired) electrons. The van der Waals surface area contributed by atoms with Gasteiger partial charge in [-0.15, -0.1) is 5.10 Å². The summed E-state index contributed by atoms with van der Waals surface area (Å²) in [5.41, 5.74) is -0.871. The van der Waals surface area contributed by atoms with E-state index < -0.39 is 17.4 Å². The van der Waals surface area contributed by atoms with Crippen LogP contribution in [0.5, 0.6) is 0 Å². The fraction of sp³-hybridized carbons (Fsp3) is 0.238. The molecule has 33 heavy (non-hydrogen) atoms. The Hall–Kier alpha value is -4.09. The number of nitrogens with zero attached hydrogens (tertiary/aromatic N) is 6. The highest BCUT2D eigenvalue weighted by Crippen LogP contribution is 2.28. The zero-order valence-electron chi connectivity index (χ0n) is 17.4. The number of rotatable bonds is 6. The SMILES string of the molecule is CCc1nc2nc(C(F)(F)F)ccc2c(=O)n1Cc1cn(CC(=O)Nc2ccccc2)nn1. The average molecular weight is 457 g/mol. The molecule has 0 unspecified atom stereocenters. The Labute approximate surface area is 184 Å². The van der Waals surface area contributed by atoms with Crippen molar-refractivity contribution >= 4 is 22.6 Å². The largest absolute Gasteiger partial charge is 0.433 e. The van der Waals surface area contributed by atoms with Crippen molar-refractivity contribution in [3.05, 3.63) is 76.2 Å². The number of carbonyl (C=O) groups excluding carboxylic acids is 1. The van der Waals surface area contributed by atoms with Crippen LogP contribution in [0.25, 0.3) is 11.0 Å². The number of fused-ring (bicyclic) bond motifs is 1. The minimum Gasteiger partial charge on any atom is -0.324 e. The van der Waals surface area contributed by atoms with Gasteiger partial charge in [0.1, 0.15) is 23.8 Å². The quantitative estimate of drug-likeness (QED) is 0.477. The van der Waals surface area contributed by atoms with E-state index in [1.165, 1.54) is 15.4 Å². The van der Waals surface area contributed by atoms with Crippen LogP contribution in [0.4, 0.5) is 18.9 Å². The first kappa shape index (κ1) is 22.1. The van der Waals surface area contributed by atoms with Crippen LogP contribution in [0.3, 0.4) is 0 Å². The summed E-state index contributed by atoms with van der Waals surface area (Å²) in [5, 5.41) is 10.6. The van der Waals surface area contributed by atoms with E-state index in [0.717, 1.165) is 12.1 Å². The second kappa shape index (κ2) is 8.81. The normalized spacial score (nSPS) is 11.6. The molecule has 4 rings (SSSR count). The lowest BCUT2D eigenvalue weighted by Crippen LogP contribution is -2.26. The molecule has 3 heterocycles. The summed E-state index contributed by atoms with van der Waals surface area (Å²) in [6.07, 6.45) is -2.83. The molecule has 3 aromatic heterocycles. The van der Waals surface area contributed by atoms with E-state index in [2.05, 4.69) is 25.6 Å². The number of aromatic nitrogens is 6. The number of amides is 1. The molecule has 0 aliphatic heterocycles. The number of aryl methyl sites for hydroxylation is 1. The molecule has 4 aromatic rings. The van der Waals surface area contributed by atoms with Gasteiger partial charge in [0.05, 0.1) is 18.1 Å². The van der Waals surface area contributed by atoms with Gasteiger partial charge in [-0.3, -0.25) is 14.2 Å². The number of benzene rings is 1. The zero-order valence-corrected chi connectivity index (χ0v) is 17.4. The van der Waals surface area contributed by atoms with Crippen LogP contribution >= 0.6 is 0 Å². The number of nitrogens with one attached hydrogen (secondary N) is 1. The molecular formula is C21H18F3N7O2. The third-order valence-corrected chi connectivity index (χ3v) is 4.77. The molecular weight excluding hydrogens is 439 g/mol. The lowest BCUT2D eigenvalue weighted by Gasteiger charge is -2.12. The van der Waals surface area contributed by atoms with E-state index in [1.54, 1.807) is 31.2 Å². The standard InChI is InChI=1S/C21H18F3N7O2/c1-2-17-27-19-15(8-9-16(26-19)21(22,23)24)20(33)31(17)11-14-10-30(29-28-14)12-18(32)25-13-6-4-3-5-7-13/h3-10H,2,11-12H2,1H3,(H,25,32). The molecule has 0 fully saturated rings. The second-order valence-electron chi connectivity index (χ2n) is 7.16. The number of carbonyl (C=O) groups is 1. The first-order valence-corrected chi connectivity index (χ1v) is 9.96. The maximum Gasteiger partial charge on any atom is 0.433 e. The number of para-hydroxylation sites is 1. The van der Waals surface area contributed by atoms with Crippen molar-refractivity contribution in [1.82, 2.24) is 29.5 Å². The van der Waals surface area contributed by atoms with Crippen molar-refractivity contribution in [2.45, 2.75) is 32.6 Å². The fourth-order valence-corrected chi connectivity index (χ4v) is 3.26. The van der Waals surface area contributed by atoms with E-state index in [4.69, 9.17) is 0 Å². The Morgan fingerprint density at radius 3 is 2.55 bits per heavy atom. The van der Waals surface area contributed by atoms with Crippen LogP contribution in [-0.2, 0) is 30.5 Å². The highest BCUT2D eigenvalue weighted by Gasteiger charge is 2.33. The van der Waals surface area contributed by atoms with Gasteiger partial charge in [-0.25, -0.2) is 14.6 Å². The van der Waals surface area contributed by atoms with Gasteiger partial charge in [-0.2, -0.15) is 13.2 Å². The summed E-state index contributed by atoms with van der Waals surface area (Å²) in [6.45, 7) is 1.63. The van der Waals surface area contributed by atoms with Gasteiger partial charge in [-0.1, -0.05) is 30.3 Å². The summed E-state index contributed by atoms with van der Waals surface area (Å²) >= 11 is 0. The number of halogens is 3. The predicted molar refractivity (Wildman–Crippen MR) is 112 cm³/mol. The Morgan fingerprint density at radius 1 is 1.09 bits per heavy atom. The summed E-state index contributed by atoms with van der Waals surface area (Å²) in [6, 6.07) is 10.8. The molecule has 0 bridgehead atoms. The van der Waals surface area contributed by atoms with Crippen LogP contribution < -0.4 is 10.9 Å². The van der Waals surface area contributed by atoms with Crippen LogP contribution in [0, 0.1) is 0 Å². The van der Waals surface area contributed by atoms with Crippen molar-refractivity contribution in [1.29, 1.82) is 0 Å². The van der Waals surface area contributed by atoms with E-state index in [9.17, 15) is 22.8 Å². The van der Waals surface area contributed by atoms with Gasteiger partial charge >= 0.3 is 6.18 Å². The lowest BCUT2D eigenvalue weighted by atomic mass is 10.2. The van der Waals surface area contributed by atoms with Crippen molar-refractivity contribution in [3.8, 4) is 0 Å². The molecule has 170 valence electrons. The van der Waals surface area contributed by atoms with Crippen molar-refractivity contribution < 1.29 is 18.0 Å². The molecule has 1 N–H and O–H groups in total. The maximum absolute atomic E-state index is 13.0. The van der Waals surface area contributed by atoms with Crippen LogP contribution in [0.1, 0.15) is 24.1 Å². The molecule has 0 spiro atoms. The number of anilines is 1. The smallest absolute Gasteiger partial charge is 0.324 e. The molecule has 0 saturated heterocycles. The first-order valence-electron chi connectivity index (χ1n) is 9.96. The zero-order chi connectivity index (χ0) is 23.6. The van der Waals surface area contributed by atoms with Crippen LogP contribution in [-0.4, -0.2) is 35.4 Å². The third kappa shape index (κ3) is 4.89. The minimum atomic E-state index is -4.64. The van der Waals surface area contributed by atoms with Crippen LogP contribution in [0.15, 0.2) is 53.5 Å².